The fourth-order valence-electron chi connectivity index (χ4n) is 2.88. The number of likely N-dealkylation sites (tertiary alicyclic amines) is 1. The van der Waals surface area contributed by atoms with Crippen LogP contribution in [0.2, 0.25) is 0 Å². The second-order valence-corrected chi connectivity index (χ2v) is 4.99. The van der Waals surface area contributed by atoms with Gasteiger partial charge in [-0.1, -0.05) is 13.0 Å². The Balaban J connectivity index is 2.41. The summed E-state index contributed by atoms with van der Waals surface area (Å²) < 4.78 is 0. The molecular formula is C14H20N2O2. The number of nitrogens with zero attached hydrogens (tertiary/aromatic N) is 2. The maximum atomic E-state index is 11.8. The zero-order chi connectivity index (χ0) is 13.2. The van der Waals surface area contributed by atoms with Crippen molar-refractivity contribution in [3.8, 4) is 0 Å². The van der Waals surface area contributed by atoms with Gasteiger partial charge in [-0.15, -0.1) is 0 Å². The van der Waals surface area contributed by atoms with Crippen molar-refractivity contribution < 1.29 is 9.90 Å². The first kappa shape index (κ1) is 13.0. The maximum absolute atomic E-state index is 11.8. The number of carboxylic acids is 1. The second-order valence-electron chi connectivity index (χ2n) is 4.99. The van der Waals surface area contributed by atoms with Crippen molar-refractivity contribution in [1.29, 1.82) is 0 Å². The van der Waals surface area contributed by atoms with E-state index in [0.717, 1.165) is 25.8 Å². The Morgan fingerprint density at radius 1 is 1.61 bits per heavy atom. The molecule has 1 saturated heterocycles. The molecule has 1 fully saturated rings. The molecule has 18 heavy (non-hydrogen) atoms. The maximum Gasteiger partial charge on any atom is 0.330 e. The summed E-state index contributed by atoms with van der Waals surface area (Å²) in [6, 6.07) is 5.81. The standard InChI is InChI=1S/C14H20N2O2/c1-3-11-7-6-10-16(11)14(2,13(17)18)12-8-4-5-9-15-12/h4-5,8-9,11H,3,6-7,10H2,1-2H3,(H,17,18). The molecule has 0 amide bonds. The second kappa shape index (κ2) is 5.06. The van der Waals surface area contributed by atoms with Gasteiger partial charge in [-0.2, -0.15) is 0 Å². The molecule has 1 aliphatic heterocycles. The van der Waals surface area contributed by atoms with Crippen LogP contribution in [-0.2, 0) is 10.3 Å². The van der Waals surface area contributed by atoms with Gasteiger partial charge >= 0.3 is 5.97 Å². The minimum atomic E-state index is -1.02. The van der Waals surface area contributed by atoms with Crippen LogP contribution in [0.1, 0.15) is 38.8 Å². The number of rotatable bonds is 4. The zero-order valence-electron chi connectivity index (χ0n) is 11.0. The van der Waals surface area contributed by atoms with Crippen LogP contribution in [0, 0.1) is 0 Å². The van der Waals surface area contributed by atoms with Crippen LogP contribution in [-0.4, -0.2) is 33.5 Å². The monoisotopic (exact) mass is 248 g/mol. The van der Waals surface area contributed by atoms with Crippen molar-refractivity contribution in [3.05, 3.63) is 30.1 Å². The molecule has 0 radical (unpaired) electrons. The number of hydrogen-bond acceptors (Lipinski definition) is 3. The van der Waals surface area contributed by atoms with E-state index in [2.05, 4.69) is 16.8 Å². The summed E-state index contributed by atoms with van der Waals surface area (Å²) in [7, 11) is 0. The normalized spacial score (nSPS) is 23.8. The molecule has 2 rings (SSSR count). The number of aromatic nitrogens is 1. The van der Waals surface area contributed by atoms with E-state index >= 15 is 0 Å². The highest BCUT2D eigenvalue weighted by molar-refractivity contribution is 5.79. The molecule has 0 spiro atoms. The predicted molar refractivity (Wildman–Crippen MR) is 69.2 cm³/mol. The third-order valence-corrected chi connectivity index (χ3v) is 4.00. The largest absolute Gasteiger partial charge is 0.480 e. The lowest BCUT2D eigenvalue weighted by Gasteiger charge is -2.38. The highest BCUT2D eigenvalue weighted by Gasteiger charge is 2.46. The fourth-order valence-corrected chi connectivity index (χ4v) is 2.88. The minimum Gasteiger partial charge on any atom is -0.480 e. The van der Waals surface area contributed by atoms with Crippen molar-refractivity contribution >= 4 is 5.97 Å². The lowest BCUT2D eigenvalue weighted by Crippen LogP contribution is -2.52. The SMILES string of the molecule is CCC1CCCN1C(C)(C(=O)O)c1ccccn1. The van der Waals surface area contributed by atoms with Crippen molar-refractivity contribution in [1.82, 2.24) is 9.88 Å². The summed E-state index contributed by atoms with van der Waals surface area (Å²) in [4.78, 5) is 18.1. The van der Waals surface area contributed by atoms with Crippen molar-refractivity contribution in [3.63, 3.8) is 0 Å². The van der Waals surface area contributed by atoms with Gasteiger partial charge in [-0.05, 0) is 44.9 Å². The molecule has 2 atom stereocenters. The highest BCUT2D eigenvalue weighted by atomic mass is 16.4. The predicted octanol–water partition coefficient (Wildman–Crippen LogP) is 2.26. The molecule has 2 unspecified atom stereocenters. The Morgan fingerprint density at radius 3 is 2.94 bits per heavy atom. The van der Waals surface area contributed by atoms with Gasteiger partial charge in [0.2, 0.25) is 0 Å². The molecule has 1 aromatic rings. The number of pyridine rings is 1. The quantitative estimate of drug-likeness (QED) is 0.888. The van der Waals surface area contributed by atoms with E-state index in [-0.39, 0.29) is 0 Å². The van der Waals surface area contributed by atoms with Crippen LogP contribution < -0.4 is 0 Å². The lowest BCUT2D eigenvalue weighted by molar-refractivity contribution is -0.152. The van der Waals surface area contributed by atoms with Crippen LogP contribution in [0.25, 0.3) is 0 Å². The Hall–Kier alpha value is -1.42. The Bertz CT molecular complexity index is 421. The van der Waals surface area contributed by atoms with E-state index in [0.29, 0.717) is 11.7 Å². The van der Waals surface area contributed by atoms with Crippen LogP contribution in [0.5, 0.6) is 0 Å². The lowest BCUT2D eigenvalue weighted by atomic mass is 9.93. The summed E-state index contributed by atoms with van der Waals surface area (Å²) in [5.41, 5.74) is -0.392. The van der Waals surface area contributed by atoms with Gasteiger partial charge in [-0.3, -0.25) is 9.88 Å². The summed E-state index contributed by atoms with van der Waals surface area (Å²) >= 11 is 0. The molecule has 0 bridgehead atoms. The summed E-state index contributed by atoms with van der Waals surface area (Å²) in [6.07, 6.45) is 4.78. The third kappa shape index (κ3) is 2.01. The number of aliphatic carboxylic acids is 1. The number of hydrogen-bond donors (Lipinski definition) is 1. The molecule has 1 aliphatic rings. The van der Waals surface area contributed by atoms with E-state index in [1.807, 2.05) is 12.1 Å². The van der Waals surface area contributed by atoms with Crippen molar-refractivity contribution in [2.45, 2.75) is 44.7 Å². The fraction of sp³-hybridized carbons (Fsp3) is 0.571. The first-order chi connectivity index (χ1) is 8.60. The average molecular weight is 248 g/mol. The van der Waals surface area contributed by atoms with Gasteiger partial charge < -0.3 is 5.11 Å². The molecule has 4 heteroatoms. The van der Waals surface area contributed by atoms with Crippen LogP contribution in [0.15, 0.2) is 24.4 Å². The number of carboxylic acid groups (broad SMARTS) is 1. The molecule has 2 heterocycles. The van der Waals surface area contributed by atoms with E-state index in [1.54, 1.807) is 19.2 Å². The van der Waals surface area contributed by atoms with Crippen LogP contribution in [0.4, 0.5) is 0 Å². The van der Waals surface area contributed by atoms with Gasteiger partial charge in [0, 0.05) is 12.2 Å². The van der Waals surface area contributed by atoms with Gasteiger partial charge in [-0.25, -0.2) is 4.79 Å². The zero-order valence-corrected chi connectivity index (χ0v) is 11.0. The molecule has 1 N–H and O–H groups in total. The smallest absolute Gasteiger partial charge is 0.330 e. The summed E-state index contributed by atoms with van der Waals surface area (Å²) in [5.74, 6) is -0.818. The Morgan fingerprint density at radius 2 is 2.39 bits per heavy atom. The number of carbonyl (C=O) groups is 1. The third-order valence-electron chi connectivity index (χ3n) is 4.00. The summed E-state index contributed by atoms with van der Waals surface area (Å²) in [5, 5.41) is 9.68. The average Bonchev–Trinajstić information content (AvgIpc) is 2.87. The first-order valence-electron chi connectivity index (χ1n) is 6.52. The van der Waals surface area contributed by atoms with Gasteiger partial charge in [0.15, 0.2) is 5.54 Å². The molecule has 98 valence electrons. The molecule has 0 saturated carbocycles. The van der Waals surface area contributed by atoms with E-state index in [9.17, 15) is 9.90 Å². The topological polar surface area (TPSA) is 53.4 Å². The Kier molecular flexibility index (Phi) is 3.66. The summed E-state index contributed by atoms with van der Waals surface area (Å²) in [6.45, 7) is 4.72. The van der Waals surface area contributed by atoms with E-state index in [4.69, 9.17) is 0 Å². The van der Waals surface area contributed by atoms with Gasteiger partial charge in [0.25, 0.3) is 0 Å². The van der Waals surface area contributed by atoms with Crippen LogP contribution in [0.3, 0.4) is 0 Å². The minimum absolute atomic E-state index is 0.341. The first-order valence-corrected chi connectivity index (χ1v) is 6.52. The molecule has 4 nitrogen and oxygen atoms in total. The molecule has 0 aromatic carbocycles. The van der Waals surface area contributed by atoms with E-state index in [1.165, 1.54) is 0 Å². The van der Waals surface area contributed by atoms with Crippen LogP contribution >= 0.6 is 0 Å². The van der Waals surface area contributed by atoms with Crippen molar-refractivity contribution in [2.24, 2.45) is 0 Å². The molecule has 0 aliphatic carbocycles. The Labute approximate surface area is 108 Å². The van der Waals surface area contributed by atoms with Gasteiger partial charge in [0.05, 0.1) is 5.69 Å². The van der Waals surface area contributed by atoms with Crippen molar-refractivity contribution in [2.75, 3.05) is 6.54 Å². The molecule has 1 aromatic heterocycles. The highest BCUT2D eigenvalue weighted by Crippen LogP contribution is 2.35. The van der Waals surface area contributed by atoms with Gasteiger partial charge in [0.1, 0.15) is 0 Å². The van der Waals surface area contributed by atoms with E-state index < -0.39 is 11.5 Å². The molecular weight excluding hydrogens is 228 g/mol.